The van der Waals surface area contributed by atoms with Crippen molar-refractivity contribution in [1.82, 2.24) is 20.4 Å². The quantitative estimate of drug-likeness (QED) is 0.560. The molecule has 0 bridgehead atoms. The van der Waals surface area contributed by atoms with Crippen molar-refractivity contribution in [2.45, 2.75) is 44.5 Å². The molecule has 0 aliphatic carbocycles. The van der Waals surface area contributed by atoms with Crippen LogP contribution >= 0.6 is 0 Å². The van der Waals surface area contributed by atoms with Crippen molar-refractivity contribution in [3.8, 4) is 0 Å². The third-order valence-electron chi connectivity index (χ3n) is 3.20. The van der Waals surface area contributed by atoms with E-state index in [1.165, 1.54) is 6.26 Å². The van der Waals surface area contributed by atoms with Crippen LogP contribution in [0.25, 0.3) is 0 Å². The summed E-state index contributed by atoms with van der Waals surface area (Å²) < 4.78 is 24.4. The van der Waals surface area contributed by atoms with Gasteiger partial charge in [-0.3, -0.25) is 5.84 Å². The standard InChI is InChI=1S/C10H21N5O2S/c1-5-6-15-8(7-12-14-15)9(13-11)10(2,3)18(4,16)17/h7,9,13H,5-6,11H2,1-4H3. The number of hydrogen-bond acceptors (Lipinski definition) is 6. The number of hydrogen-bond donors (Lipinski definition) is 2. The van der Waals surface area contributed by atoms with Gasteiger partial charge in [-0.1, -0.05) is 12.1 Å². The number of aromatic nitrogens is 3. The molecule has 8 heteroatoms. The molecule has 1 unspecified atom stereocenters. The first-order valence-electron chi connectivity index (χ1n) is 5.79. The van der Waals surface area contributed by atoms with Gasteiger partial charge in [0.2, 0.25) is 0 Å². The minimum Gasteiger partial charge on any atom is -0.271 e. The van der Waals surface area contributed by atoms with Crippen LogP contribution in [-0.2, 0) is 16.4 Å². The van der Waals surface area contributed by atoms with Crippen LogP contribution in [-0.4, -0.2) is 34.4 Å². The molecule has 1 heterocycles. The summed E-state index contributed by atoms with van der Waals surface area (Å²) in [5.74, 6) is 5.53. The number of aryl methyl sites for hydroxylation is 1. The highest BCUT2D eigenvalue weighted by molar-refractivity contribution is 7.92. The summed E-state index contributed by atoms with van der Waals surface area (Å²) in [6.45, 7) is 5.96. The third kappa shape index (κ3) is 2.70. The van der Waals surface area contributed by atoms with Crippen LogP contribution in [0.15, 0.2) is 6.20 Å². The summed E-state index contributed by atoms with van der Waals surface area (Å²) in [5.41, 5.74) is 3.25. The van der Waals surface area contributed by atoms with Gasteiger partial charge in [-0.15, -0.1) is 5.10 Å². The molecule has 0 radical (unpaired) electrons. The van der Waals surface area contributed by atoms with Gasteiger partial charge in [0.1, 0.15) is 0 Å². The van der Waals surface area contributed by atoms with Crippen molar-refractivity contribution in [1.29, 1.82) is 0 Å². The molecule has 1 aromatic rings. The van der Waals surface area contributed by atoms with Crippen LogP contribution in [0.5, 0.6) is 0 Å². The normalized spacial score (nSPS) is 14.7. The fourth-order valence-electron chi connectivity index (χ4n) is 1.73. The van der Waals surface area contributed by atoms with Gasteiger partial charge < -0.3 is 0 Å². The highest BCUT2D eigenvalue weighted by Gasteiger charge is 2.41. The Balaban J connectivity index is 3.22. The molecule has 0 saturated heterocycles. The van der Waals surface area contributed by atoms with E-state index in [0.29, 0.717) is 12.2 Å². The molecule has 18 heavy (non-hydrogen) atoms. The van der Waals surface area contributed by atoms with E-state index in [9.17, 15) is 8.42 Å². The molecule has 0 spiro atoms. The monoisotopic (exact) mass is 275 g/mol. The van der Waals surface area contributed by atoms with Crippen LogP contribution in [0.3, 0.4) is 0 Å². The largest absolute Gasteiger partial charge is 0.271 e. The van der Waals surface area contributed by atoms with Gasteiger partial charge in [0.25, 0.3) is 0 Å². The topological polar surface area (TPSA) is 103 Å². The molecule has 0 aromatic carbocycles. The Morgan fingerprint density at radius 1 is 1.56 bits per heavy atom. The number of nitrogens with zero attached hydrogens (tertiary/aromatic N) is 3. The Morgan fingerprint density at radius 2 is 2.17 bits per heavy atom. The van der Waals surface area contributed by atoms with Crippen LogP contribution in [0.2, 0.25) is 0 Å². The smallest absolute Gasteiger partial charge is 0.154 e. The first-order valence-corrected chi connectivity index (χ1v) is 7.69. The summed E-state index contributed by atoms with van der Waals surface area (Å²) in [5, 5.41) is 7.77. The van der Waals surface area contributed by atoms with Gasteiger partial charge in [0, 0.05) is 12.8 Å². The zero-order valence-corrected chi connectivity index (χ0v) is 12.0. The molecule has 1 rings (SSSR count). The molecule has 7 nitrogen and oxygen atoms in total. The predicted octanol–water partition coefficient (Wildman–Crippen LogP) is 0.0157. The van der Waals surface area contributed by atoms with Crippen LogP contribution in [0.1, 0.15) is 38.9 Å². The molecule has 0 fully saturated rings. The summed E-state index contributed by atoms with van der Waals surface area (Å²) in [7, 11) is -3.28. The fraction of sp³-hybridized carbons (Fsp3) is 0.800. The van der Waals surface area contributed by atoms with E-state index >= 15 is 0 Å². The number of nitrogens with one attached hydrogen (secondary N) is 1. The first-order chi connectivity index (χ1) is 8.25. The Bertz CT molecular complexity index is 494. The molecule has 3 N–H and O–H groups in total. The van der Waals surface area contributed by atoms with Crippen LogP contribution < -0.4 is 11.3 Å². The van der Waals surface area contributed by atoms with Crippen molar-refractivity contribution in [3.05, 3.63) is 11.9 Å². The molecule has 0 aliphatic rings. The van der Waals surface area contributed by atoms with Crippen LogP contribution in [0.4, 0.5) is 0 Å². The first kappa shape index (κ1) is 15.1. The second kappa shape index (κ2) is 5.33. The van der Waals surface area contributed by atoms with Crippen LogP contribution in [0, 0.1) is 0 Å². The van der Waals surface area contributed by atoms with Gasteiger partial charge >= 0.3 is 0 Å². The van der Waals surface area contributed by atoms with Gasteiger partial charge in [-0.2, -0.15) is 0 Å². The highest BCUT2D eigenvalue weighted by Crippen LogP contribution is 2.31. The Hall–Kier alpha value is -0.990. The molecular weight excluding hydrogens is 254 g/mol. The van der Waals surface area contributed by atoms with E-state index in [2.05, 4.69) is 15.7 Å². The molecule has 0 amide bonds. The van der Waals surface area contributed by atoms with Gasteiger partial charge in [-0.05, 0) is 20.3 Å². The molecular formula is C10H21N5O2S. The van der Waals surface area contributed by atoms with E-state index in [-0.39, 0.29) is 0 Å². The second-order valence-electron chi connectivity index (χ2n) is 4.86. The molecule has 1 atom stereocenters. The lowest BCUT2D eigenvalue weighted by atomic mass is 10.0. The maximum atomic E-state index is 11.9. The highest BCUT2D eigenvalue weighted by atomic mass is 32.2. The van der Waals surface area contributed by atoms with Gasteiger partial charge in [0.05, 0.1) is 22.7 Å². The lowest BCUT2D eigenvalue weighted by molar-refractivity contribution is 0.395. The Morgan fingerprint density at radius 3 is 2.61 bits per heavy atom. The Kier molecular flexibility index (Phi) is 4.46. The number of sulfone groups is 1. The molecule has 1 aromatic heterocycles. The minimum absolute atomic E-state index is 0.561. The average Bonchev–Trinajstić information content (AvgIpc) is 2.66. The molecule has 0 saturated carbocycles. The third-order valence-corrected chi connectivity index (χ3v) is 5.34. The SMILES string of the molecule is CCCn1nncc1C(NN)C(C)(C)S(C)(=O)=O. The zero-order valence-electron chi connectivity index (χ0n) is 11.2. The van der Waals surface area contributed by atoms with Crippen molar-refractivity contribution in [3.63, 3.8) is 0 Å². The minimum atomic E-state index is -3.28. The molecule has 104 valence electrons. The lowest BCUT2D eigenvalue weighted by Gasteiger charge is -2.31. The predicted molar refractivity (Wildman–Crippen MR) is 69.3 cm³/mol. The number of rotatable bonds is 6. The molecule has 0 aliphatic heterocycles. The average molecular weight is 275 g/mol. The van der Waals surface area contributed by atoms with Crippen molar-refractivity contribution < 1.29 is 8.42 Å². The van der Waals surface area contributed by atoms with Crippen molar-refractivity contribution in [2.75, 3.05) is 6.26 Å². The van der Waals surface area contributed by atoms with E-state index in [1.54, 1.807) is 24.7 Å². The maximum absolute atomic E-state index is 11.9. The number of nitrogens with two attached hydrogens (primary N) is 1. The van der Waals surface area contributed by atoms with E-state index in [4.69, 9.17) is 5.84 Å². The summed E-state index contributed by atoms with van der Waals surface area (Å²) >= 11 is 0. The van der Waals surface area contributed by atoms with Gasteiger partial charge in [-0.25, -0.2) is 18.5 Å². The maximum Gasteiger partial charge on any atom is 0.154 e. The zero-order chi connectivity index (χ0) is 14.0. The summed E-state index contributed by atoms with van der Waals surface area (Å²) in [6, 6.07) is -0.561. The van der Waals surface area contributed by atoms with E-state index in [0.717, 1.165) is 6.42 Å². The number of hydrazine groups is 1. The summed E-state index contributed by atoms with van der Waals surface area (Å²) in [4.78, 5) is 0. The fourth-order valence-corrected chi connectivity index (χ4v) is 2.35. The van der Waals surface area contributed by atoms with E-state index < -0.39 is 20.6 Å². The van der Waals surface area contributed by atoms with Crippen molar-refractivity contribution >= 4 is 9.84 Å². The Labute approximate surface area is 108 Å². The van der Waals surface area contributed by atoms with Gasteiger partial charge in [0.15, 0.2) is 9.84 Å². The lowest BCUT2D eigenvalue weighted by Crippen LogP contribution is -2.48. The van der Waals surface area contributed by atoms with E-state index in [1.807, 2.05) is 6.92 Å². The van der Waals surface area contributed by atoms with Crippen molar-refractivity contribution in [2.24, 2.45) is 5.84 Å². The summed E-state index contributed by atoms with van der Waals surface area (Å²) in [6.07, 6.45) is 3.63. The second-order valence-corrected chi connectivity index (χ2v) is 7.45.